The molecule has 0 bridgehead atoms. The summed E-state index contributed by atoms with van der Waals surface area (Å²) in [4.78, 5) is 12.0. The van der Waals surface area contributed by atoms with E-state index in [1.54, 1.807) is 12.1 Å². The third kappa shape index (κ3) is 3.92. The van der Waals surface area contributed by atoms with Crippen LogP contribution in [0, 0.1) is 0 Å². The molecule has 0 aliphatic rings. The maximum atomic E-state index is 12.0. The number of halogens is 1. The zero-order valence-corrected chi connectivity index (χ0v) is 12.0. The second-order valence-corrected chi connectivity index (χ2v) is 4.08. The van der Waals surface area contributed by atoms with Gasteiger partial charge in [0.05, 0.1) is 26.9 Å². The Kier molecular flexibility index (Phi) is 6.29. The normalized spacial score (nSPS) is 9.89. The molecule has 0 spiro atoms. The van der Waals surface area contributed by atoms with Gasteiger partial charge in [0.2, 0.25) is 0 Å². The van der Waals surface area contributed by atoms with Gasteiger partial charge in [-0.05, 0) is 6.42 Å². The highest BCUT2D eigenvalue weighted by atomic mass is 35.5. The van der Waals surface area contributed by atoms with Crippen molar-refractivity contribution in [2.24, 2.45) is 0 Å². The number of hydrogen-bond donors (Lipinski definition) is 1. The molecule has 1 aromatic carbocycles. The molecule has 0 saturated heterocycles. The van der Waals surface area contributed by atoms with E-state index in [1.807, 2.05) is 0 Å². The molecule has 1 rings (SSSR count). The van der Waals surface area contributed by atoms with E-state index >= 15 is 0 Å². The summed E-state index contributed by atoms with van der Waals surface area (Å²) < 4.78 is 15.5. The largest absolute Gasteiger partial charge is 0.496 e. The lowest BCUT2D eigenvalue weighted by Crippen LogP contribution is -2.25. The molecular formula is C13H18ClNO4. The predicted octanol–water partition coefficient (Wildman–Crippen LogP) is 2.07. The van der Waals surface area contributed by atoms with Gasteiger partial charge in [0, 0.05) is 24.6 Å². The van der Waals surface area contributed by atoms with Gasteiger partial charge >= 0.3 is 0 Å². The molecule has 0 aliphatic carbocycles. The van der Waals surface area contributed by atoms with Gasteiger partial charge in [-0.1, -0.05) is 0 Å². The highest BCUT2D eigenvalue weighted by Gasteiger charge is 2.17. The van der Waals surface area contributed by atoms with E-state index in [4.69, 9.17) is 25.8 Å². The van der Waals surface area contributed by atoms with Crippen LogP contribution in [0.25, 0.3) is 0 Å². The predicted molar refractivity (Wildman–Crippen MR) is 73.8 cm³/mol. The Hall–Kier alpha value is -1.62. The monoisotopic (exact) mass is 287 g/mol. The number of alkyl halides is 1. The lowest BCUT2D eigenvalue weighted by Gasteiger charge is -2.13. The molecule has 5 nitrogen and oxygen atoms in total. The number of benzene rings is 1. The van der Waals surface area contributed by atoms with Gasteiger partial charge in [0.15, 0.2) is 11.5 Å². The molecule has 19 heavy (non-hydrogen) atoms. The summed E-state index contributed by atoms with van der Waals surface area (Å²) in [6, 6.07) is 3.21. The lowest BCUT2D eigenvalue weighted by atomic mass is 10.1. The Labute approximate surface area is 117 Å². The van der Waals surface area contributed by atoms with Crippen LogP contribution in [0.2, 0.25) is 0 Å². The molecule has 0 fully saturated rings. The smallest absolute Gasteiger partial charge is 0.255 e. The van der Waals surface area contributed by atoms with Crippen LogP contribution in [0.1, 0.15) is 16.8 Å². The number of carbonyl (C=O) groups excluding carboxylic acids is 1. The molecule has 0 unspecified atom stereocenters. The molecule has 106 valence electrons. The van der Waals surface area contributed by atoms with E-state index in [9.17, 15) is 4.79 Å². The van der Waals surface area contributed by atoms with Gasteiger partial charge < -0.3 is 19.5 Å². The number of methoxy groups -OCH3 is 3. The Morgan fingerprint density at radius 1 is 1.11 bits per heavy atom. The second-order valence-electron chi connectivity index (χ2n) is 3.71. The third-order valence-corrected chi connectivity index (χ3v) is 2.81. The first-order valence-electron chi connectivity index (χ1n) is 5.82. The SMILES string of the molecule is COc1cc(OC)c(C(=O)NCCCCl)cc1OC. The number of amides is 1. The Morgan fingerprint density at radius 3 is 2.21 bits per heavy atom. The van der Waals surface area contributed by atoms with Crippen LogP contribution in [0.4, 0.5) is 0 Å². The Morgan fingerprint density at radius 2 is 1.68 bits per heavy atom. The van der Waals surface area contributed by atoms with Gasteiger partial charge in [0.25, 0.3) is 5.91 Å². The fraction of sp³-hybridized carbons (Fsp3) is 0.462. The first-order chi connectivity index (χ1) is 9.17. The van der Waals surface area contributed by atoms with E-state index < -0.39 is 0 Å². The van der Waals surface area contributed by atoms with E-state index in [0.29, 0.717) is 41.7 Å². The number of ether oxygens (including phenoxy) is 3. The quantitative estimate of drug-likeness (QED) is 0.616. The zero-order valence-electron chi connectivity index (χ0n) is 11.3. The van der Waals surface area contributed by atoms with Crippen LogP contribution in [-0.4, -0.2) is 39.7 Å². The van der Waals surface area contributed by atoms with Crippen LogP contribution in [0.3, 0.4) is 0 Å². The summed E-state index contributed by atoms with van der Waals surface area (Å²) in [6.45, 7) is 0.514. The molecule has 0 aliphatic heterocycles. The summed E-state index contributed by atoms with van der Waals surface area (Å²) in [6.07, 6.45) is 0.711. The fourth-order valence-electron chi connectivity index (χ4n) is 1.57. The van der Waals surface area contributed by atoms with Crippen molar-refractivity contribution >= 4 is 17.5 Å². The third-order valence-electron chi connectivity index (χ3n) is 2.55. The summed E-state index contributed by atoms with van der Waals surface area (Å²) in [5.41, 5.74) is 0.398. The molecule has 0 heterocycles. The highest BCUT2D eigenvalue weighted by Crippen LogP contribution is 2.34. The standard InChI is InChI=1S/C13H18ClNO4/c1-17-10-8-12(19-3)11(18-2)7-9(10)13(16)15-6-4-5-14/h7-8H,4-6H2,1-3H3,(H,15,16). The molecule has 0 radical (unpaired) electrons. The lowest BCUT2D eigenvalue weighted by molar-refractivity contribution is 0.0950. The van der Waals surface area contributed by atoms with Gasteiger partial charge in [-0.15, -0.1) is 11.6 Å². The molecule has 0 atom stereocenters. The van der Waals surface area contributed by atoms with E-state index in [2.05, 4.69) is 5.32 Å². The van der Waals surface area contributed by atoms with Gasteiger partial charge in [-0.3, -0.25) is 4.79 Å². The molecule has 0 aromatic heterocycles. The number of rotatable bonds is 7. The maximum absolute atomic E-state index is 12.0. The van der Waals surface area contributed by atoms with Crippen molar-refractivity contribution in [3.63, 3.8) is 0 Å². The van der Waals surface area contributed by atoms with Crippen LogP contribution >= 0.6 is 11.6 Å². The number of carbonyl (C=O) groups is 1. The Balaban J connectivity index is 3.00. The van der Waals surface area contributed by atoms with Crippen molar-refractivity contribution < 1.29 is 19.0 Å². The fourth-order valence-corrected chi connectivity index (χ4v) is 1.70. The minimum Gasteiger partial charge on any atom is -0.496 e. The minimum atomic E-state index is -0.233. The van der Waals surface area contributed by atoms with Crippen molar-refractivity contribution in [2.45, 2.75) is 6.42 Å². The summed E-state index contributed by atoms with van der Waals surface area (Å²) in [5, 5.41) is 2.76. The molecule has 6 heteroatoms. The van der Waals surface area contributed by atoms with Crippen molar-refractivity contribution in [1.29, 1.82) is 0 Å². The summed E-state index contributed by atoms with van der Waals surface area (Å²) in [5.74, 6) is 1.69. The average molecular weight is 288 g/mol. The Bertz CT molecular complexity index is 437. The highest BCUT2D eigenvalue weighted by molar-refractivity contribution is 6.17. The van der Waals surface area contributed by atoms with Crippen molar-refractivity contribution in [2.75, 3.05) is 33.8 Å². The van der Waals surface area contributed by atoms with E-state index in [1.165, 1.54) is 21.3 Å². The zero-order chi connectivity index (χ0) is 14.3. The van der Waals surface area contributed by atoms with Crippen molar-refractivity contribution in [3.8, 4) is 17.2 Å². The van der Waals surface area contributed by atoms with Gasteiger partial charge in [-0.2, -0.15) is 0 Å². The van der Waals surface area contributed by atoms with E-state index in [-0.39, 0.29) is 5.91 Å². The first kappa shape index (κ1) is 15.4. The topological polar surface area (TPSA) is 56.8 Å². The van der Waals surface area contributed by atoms with Gasteiger partial charge in [-0.25, -0.2) is 0 Å². The summed E-state index contributed by atoms with van der Waals surface area (Å²) in [7, 11) is 4.54. The van der Waals surface area contributed by atoms with Crippen LogP contribution in [-0.2, 0) is 0 Å². The van der Waals surface area contributed by atoms with Crippen molar-refractivity contribution in [1.82, 2.24) is 5.32 Å². The molecule has 1 aromatic rings. The average Bonchev–Trinajstić information content (AvgIpc) is 2.45. The molecule has 0 saturated carbocycles. The van der Waals surface area contributed by atoms with Crippen molar-refractivity contribution in [3.05, 3.63) is 17.7 Å². The van der Waals surface area contributed by atoms with Crippen LogP contribution in [0.15, 0.2) is 12.1 Å². The maximum Gasteiger partial charge on any atom is 0.255 e. The molecule has 1 amide bonds. The van der Waals surface area contributed by atoms with Crippen LogP contribution < -0.4 is 19.5 Å². The van der Waals surface area contributed by atoms with Crippen LogP contribution in [0.5, 0.6) is 17.2 Å². The van der Waals surface area contributed by atoms with Gasteiger partial charge in [0.1, 0.15) is 5.75 Å². The molecule has 1 N–H and O–H groups in total. The number of nitrogens with one attached hydrogen (secondary N) is 1. The van der Waals surface area contributed by atoms with E-state index in [0.717, 1.165) is 0 Å². The second kappa shape index (κ2) is 7.74. The summed E-state index contributed by atoms with van der Waals surface area (Å²) >= 11 is 5.56. The minimum absolute atomic E-state index is 0.233. The first-order valence-corrected chi connectivity index (χ1v) is 6.35. The molecular weight excluding hydrogens is 270 g/mol. The number of hydrogen-bond acceptors (Lipinski definition) is 4.